The van der Waals surface area contributed by atoms with E-state index in [0.29, 0.717) is 5.88 Å². The zero-order chi connectivity index (χ0) is 20.7. The molecule has 0 fully saturated rings. The van der Waals surface area contributed by atoms with Crippen molar-refractivity contribution in [3.63, 3.8) is 0 Å². The molecule has 2 unspecified atom stereocenters. The van der Waals surface area contributed by atoms with E-state index in [1.54, 1.807) is 6.20 Å². The van der Waals surface area contributed by atoms with Crippen molar-refractivity contribution in [1.29, 1.82) is 0 Å². The number of nitrogens with zero attached hydrogens (tertiary/aromatic N) is 1. The predicted octanol–water partition coefficient (Wildman–Crippen LogP) is 4.76. The number of hydrogen-bond acceptors (Lipinski definition) is 3. The van der Waals surface area contributed by atoms with Gasteiger partial charge in [0.05, 0.1) is 5.41 Å². The van der Waals surface area contributed by atoms with Crippen LogP contribution in [-0.2, 0) is 11.2 Å². The van der Waals surface area contributed by atoms with Gasteiger partial charge in [0.2, 0.25) is 11.8 Å². The first-order chi connectivity index (χ1) is 14.0. The predicted molar refractivity (Wildman–Crippen MR) is 116 cm³/mol. The summed E-state index contributed by atoms with van der Waals surface area (Å²) >= 11 is 0. The van der Waals surface area contributed by atoms with Gasteiger partial charge in [0, 0.05) is 18.2 Å². The van der Waals surface area contributed by atoms with E-state index in [1.165, 1.54) is 5.56 Å². The van der Waals surface area contributed by atoms with Crippen LogP contribution >= 0.6 is 0 Å². The summed E-state index contributed by atoms with van der Waals surface area (Å²) in [5.41, 5.74) is 7.30. The fraction of sp³-hybridized carbons (Fsp3) is 0.280. The number of ether oxygens (including phenoxy) is 1. The van der Waals surface area contributed by atoms with Gasteiger partial charge in [-0.3, -0.25) is 4.79 Å². The van der Waals surface area contributed by atoms with Gasteiger partial charge in [0.15, 0.2) is 0 Å². The highest BCUT2D eigenvalue weighted by molar-refractivity contribution is 5.81. The Morgan fingerprint density at radius 2 is 1.59 bits per heavy atom. The maximum absolute atomic E-state index is 12.4. The molecule has 0 saturated heterocycles. The summed E-state index contributed by atoms with van der Waals surface area (Å²) in [6.07, 6.45) is 2.92. The molecule has 150 valence electrons. The lowest BCUT2D eigenvalue weighted by Crippen LogP contribution is -2.48. The molecule has 1 aromatic heterocycles. The van der Waals surface area contributed by atoms with Crippen LogP contribution in [0, 0.1) is 5.41 Å². The fourth-order valence-corrected chi connectivity index (χ4v) is 3.58. The van der Waals surface area contributed by atoms with Crippen molar-refractivity contribution in [3.8, 4) is 5.88 Å². The molecule has 0 aliphatic heterocycles. The van der Waals surface area contributed by atoms with Crippen molar-refractivity contribution in [1.82, 2.24) is 4.98 Å². The maximum atomic E-state index is 12.4. The third-order valence-corrected chi connectivity index (χ3v) is 5.41. The van der Waals surface area contributed by atoms with Crippen LogP contribution in [0.1, 0.15) is 37.3 Å². The Balaban J connectivity index is 1.97. The lowest BCUT2D eigenvalue weighted by molar-refractivity contribution is -0.131. The summed E-state index contributed by atoms with van der Waals surface area (Å²) in [5, 5.41) is 0. The smallest absolute Gasteiger partial charge is 0.226 e. The average molecular weight is 389 g/mol. The van der Waals surface area contributed by atoms with E-state index in [4.69, 9.17) is 10.5 Å². The third kappa shape index (κ3) is 5.23. The first-order valence-electron chi connectivity index (χ1n) is 9.95. The van der Waals surface area contributed by atoms with Gasteiger partial charge in [-0.25, -0.2) is 4.98 Å². The van der Waals surface area contributed by atoms with Gasteiger partial charge >= 0.3 is 0 Å². The number of carbonyl (C=O) groups excluding carboxylic acids is 1. The molecule has 0 aliphatic carbocycles. The molecule has 4 heteroatoms. The van der Waals surface area contributed by atoms with E-state index in [-0.39, 0.29) is 11.8 Å². The number of hydrogen-bond donors (Lipinski definition) is 1. The first kappa shape index (κ1) is 20.6. The lowest BCUT2D eigenvalue weighted by Gasteiger charge is -2.37. The minimum atomic E-state index is -0.880. The van der Waals surface area contributed by atoms with E-state index in [9.17, 15) is 4.79 Å². The first-order valence-corrected chi connectivity index (χ1v) is 9.95. The van der Waals surface area contributed by atoms with Gasteiger partial charge in [-0.05, 0) is 43.9 Å². The molecule has 0 bridgehead atoms. The van der Waals surface area contributed by atoms with Gasteiger partial charge in [-0.15, -0.1) is 0 Å². The van der Waals surface area contributed by atoms with Crippen molar-refractivity contribution in [3.05, 3.63) is 96.2 Å². The highest BCUT2D eigenvalue weighted by atomic mass is 16.5. The van der Waals surface area contributed by atoms with Gasteiger partial charge in [0.25, 0.3) is 0 Å². The molecule has 0 aliphatic rings. The summed E-state index contributed by atoms with van der Waals surface area (Å²) in [6.45, 7) is 3.70. The zero-order valence-electron chi connectivity index (χ0n) is 17.0. The second-order valence-corrected chi connectivity index (χ2v) is 7.83. The molecule has 2 aromatic carbocycles. The largest absolute Gasteiger partial charge is 0.473 e. The Hall–Kier alpha value is -3.14. The van der Waals surface area contributed by atoms with E-state index < -0.39 is 11.5 Å². The van der Waals surface area contributed by atoms with Crippen LogP contribution in [-0.4, -0.2) is 17.0 Å². The quantitative estimate of drug-likeness (QED) is 0.575. The molecule has 1 heterocycles. The molecular weight excluding hydrogens is 360 g/mol. The third-order valence-electron chi connectivity index (χ3n) is 5.41. The number of nitrogens with two attached hydrogens (primary N) is 1. The number of primary amides is 1. The molecule has 2 atom stereocenters. The monoisotopic (exact) mass is 388 g/mol. The van der Waals surface area contributed by atoms with E-state index in [0.717, 1.165) is 18.4 Å². The standard InChI is InChI=1S/C25H28N2O2/c1-25(2,24(26)28)23(29-22-15-9-10-18-27-22)21(20-13-7-4-8-14-20)17-16-19-11-5-3-6-12-19/h3-15,18,21,23H,16-17H2,1-2H3,(H2,26,28). The van der Waals surface area contributed by atoms with Gasteiger partial charge in [0.1, 0.15) is 6.10 Å². The van der Waals surface area contributed by atoms with Crippen LogP contribution in [0.4, 0.5) is 0 Å². The van der Waals surface area contributed by atoms with Crippen LogP contribution in [0.5, 0.6) is 5.88 Å². The number of rotatable bonds is 9. The zero-order valence-corrected chi connectivity index (χ0v) is 17.0. The Bertz CT molecular complexity index is 896. The van der Waals surface area contributed by atoms with Crippen LogP contribution in [0.2, 0.25) is 0 Å². The topological polar surface area (TPSA) is 65.2 Å². The molecular formula is C25H28N2O2. The Morgan fingerprint density at radius 1 is 0.966 bits per heavy atom. The molecule has 0 radical (unpaired) electrons. The van der Waals surface area contributed by atoms with Crippen molar-refractivity contribution in [2.75, 3.05) is 0 Å². The maximum Gasteiger partial charge on any atom is 0.226 e. The molecule has 0 spiro atoms. The molecule has 2 N–H and O–H groups in total. The lowest BCUT2D eigenvalue weighted by atomic mass is 9.74. The number of carbonyl (C=O) groups is 1. The SMILES string of the molecule is CC(C)(C(N)=O)C(Oc1ccccn1)C(CCc1ccccc1)c1ccccc1. The normalized spacial score (nSPS) is 13.4. The minimum Gasteiger partial charge on any atom is -0.473 e. The van der Waals surface area contributed by atoms with Crippen LogP contribution < -0.4 is 10.5 Å². The number of amides is 1. The van der Waals surface area contributed by atoms with Crippen molar-refractivity contribution in [2.24, 2.45) is 11.1 Å². The molecule has 3 aromatic rings. The van der Waals surface area contributed by atoms with E-state index in [1.807, 2.05) is 68.4 Å². The summed E-state index contributed by atoms with van der Waals surface area (Å²) in [6, 6.07) is 26.1. The minimum absolute atomic E-state index is 0.0269. The van der Waals surface area contributed by atoms with Crippen molar-refractivity contribution in [2.45, 2.75) is 38.7 Å². The van der Waals surface area contributed by atoms with Gasteiger partial charge in [-0.2, -0.15) is 0 Å². The van der Waals surface area contributed by atoms with E-state index in [2.05, 4.69) is 29.2 Å². The number of aromatic nitrogens is 1. The summed E-state index contributed by atoms with van der Waals surface area (Å²) in [4.78, 5) is 16.7. The molecule has 1 amide bonds. The summed E-state index contributed by atoms with van der Waals surface area (Å²) < 4.78 is 6.33. The van der Waals surface area contributed by atoms with Crippen molar-refractivity contribution < 1.29 is 9.53 Å². The number of pyridine rings is 1. The highest BCUT2D eigenvalue weighted by Gasteiger charge is 2.42. The molecule has 3 rings (SSSR count). The van der Waals surface area contributed by atoms with Crippen LogP contribution in [0.25, 0.3) is 0 Å². The Labute approximate surface area is 172 Å². The Morgan fingerprint density at radius 3 is 2.17 bits per heavy atom. The van der Waals surface area contributed by atoms with Crippen LogP contribution in [0.15, 0.2) is 85.1 Å². The van der Waals surface area contributed by atoms with Gasteiger partial charge in [-0.1, -0.05) is 66.7 Å². The van der Waals surface area contributed by atoms with Crippen LogP contribution in [0.3, 0.4) is 0 Å². The number of aryl methyl sites for hydroxylation is 1. The van der Waals surface area contributed by atoms with Crippen molar-refractivity contribution >= 4 is 5.91 Å². The average Bonchev–Trinajstić information content (AvgIpc) is 2.75. The second kappa shape index (κ2) is 9.37. The fourth-order valence-electron chi connectivity index (χ4n) is 3.58. The molecule has 4 nitrogen and oxygen atoms in total. The highest BCUT2D eigenvalue weighted by Crippen LogP contribution is 2.38. The van der Waals surface area contributed by atoms with E-state index >= 15 is 0 Å². The molecule has 29 heavy (non-hydrogen) atoms. The molecule has 0 saturated carbocycles. The summed E-state index contributed by atoms with van der Waals surface area (Å²) in [7, 11) is 0. The number of benzene rings is 2. The second-order valence-electron chi connectivity index (χ2n) is 7.83. The van der Waals surface area contributed by atoms with Gasteiger partial charge < -0.3 is 10.5 Å². The Kier molecular flexibility index (Phi) is 6.65. The summed E-state index contributed by atoms with van der Waals surface area (Å²) in [5.74, 6) is 0.0763.